The molecule has 0 spiro atoms. The SMILES string of the molecule is CC(N)C1CN(Cc2cccc(Cl)c2)CCO1. The lowest BCUT2D eigenvalue weighted by atomic mass is 10.1. The Morgan fingerprint density at radius 2 is 2.41 bits per heavy atom. The molecule has 1 aromatic carbocycles. The molecule has 1 aliphatic rings. The Kier molecular flexibility index (Phi) is 4.40. The largest absolute Gasteiger partial charge is 0.374 e. The molecule has 1 saturated heterocycles. The first kappa shape index (κ1) is 12.8. The predicted molar refractivity (Wildman–Crippen MR) is 70.1 cm³/mol. The molecule has 2 rings (SSSR count). The lowest BCUT2D eigenvalue weighted by Gasteiger charge is -2.34. The predicted octanol–water partition coefficient (Wildman–Crippen LogP) is 1.89. The van der Waals surface area contributed by atoms with Crippen LogP contribution in [0.4, 0.5) is 0 Å². The van der Waals surface area contributed by atoms with Crippen molar-refractivity contribution in [1.82, 2.24) is 4.90 Å². The highest BCUT2D eigenvalue weighted by Gasteiger charge is 2.23. The minimum Gasteiger partial charge on any atom is -0.374 e. The summed E-state index contributed by atoms with van der Waals surface area (Å²) >= 11 is 5.98. The van der Waals surface area contributed by atoms with Gasteiger partial charge in [0.25, 0.3) is 0 Å². The van der Waals surface area contributed by atoms with E-state index < -0.39 is 0 Å². The summed E-state index contributed by atoms with van der Waals surface area (Å²) < 4.78 is 5.64. The van der Waals surface area contributed by atoms with Gasteiger partial charge >= 0.3 is 0 Å². The van der Waals surface area contributed by atoms with E-state index in [1.165, 1.54) is 5.56 Å². The van der Waals surface area contributed by atoms with Crippen molar-refractivity contribution >= 4 is 11.6 Å². The first-order valence-corrected chi connectivity index (χ1v) is 6.37. The molecule has 0 bridgehead atoms. The van der Waals surface area contributed by atoms with E-state index in [-0.39, 0.29) is 12.1 Å². The Bertz CT molecular complexity index is 370. The van der Waals surface area contributed by atoms with Crippen LogP contribution in [0.1, 0.15) is 12.5 Å². The maximum Gasteiger partial charge on any atom is 0.0850 e. The van der Waals surface area contributed by atoms with Gasteiger partial charge in [0.2, 0.25) is 0 Å². The van der Waals surface area contributed by atoms with Gasteiger partial charge in [-0.15, -0.1) is 0 Å². The zero-order valence-electron chi connectivity index (χ0n) is 10.1. The molecule has 2 unspecified atom stereocenters. The van der Waals surface area contributed by atoms with Crippen LogP contribution in [0.3, 0.4) is 0 Å². The van der Waals surface area contributed by atoms with Gasteiger partial charge in [0.15, 0.2) is 0 Å². The second kappa shape index (κ2) is 5.83. The lowest BCUT2D eigenvalue weighted by Crippen LogP contribution is -2.49. The van der Waals surface area contributed by atoms with Crippen LogP contribution in [0.15, 0.2) is 24.3 Å². The van der Waals surface area contributed by atoms with Crippen molar-refractivity contribution in [2.24, 2.45) is 5.73 Å². The standard InChI is InChI=1S/C13H19ClN2O/c1-10(15)13-9-16(5-6-17-13)8-11-3-2-4-12(14)7-11/h2-4,7,10,13H,5-6,8-9,15H2,1H3. The van der Waals surface area contributed by atoms with Crippen molar-refractivity contribution in [2.75, 3.05) is 19.7 Å². The highest BCUT2D eigenvalue weighted by Crippen LogP contribution is 2.15. The fourth-order valence-electron chi connectivity index (χ4n) is 2.09. The van der Waals surface area contributed by atoms with E-state index in [0.29, 0.717) is 0 Å². The van der Waals surface area contributed by atoms with Crippen LogP contribution in [0.2, 0.25) is 5.02 Å². The van der Waals surface area contributed by atoms with Crippen molar-refractivity contribution in [3.8, 4) is 0 Å². The van der Waals surface area contributed by atoms with Gasteiger partial charge in [-0.05, 0) is 24.6 Å². The molecule has 0 aromatic heterocycles. The quantitative estimate of drug-likeness (QED) is 0.895. The number of benzene rings is 1. The van der Waals surface area contributed by atoms with Crippen LogP contribution in [-0.2, 0) is 11.3 Å². The molecule has 94 valence electrons. The summed E-state index contributed by atoms with van der Waals surface area (Å²) in [5.74, 6) is 0. The summed E-state index contributed by atoms with van der Waals surface area (Å²) in [5, 5.41) is 0.791. The van der Waals surface area contributed by atoms with E-state index in [0.717, 1.165) is 31.3 Å². The van der Waals surface area contributed by atoms with Gasteiger partial charge in [-0.2, -0.15) is 0 Å². The number of nitrogens with two attached hydrogens (primary N) is 1. The van der Waals surface area contributed by atoms with Crippen LogP contribution in [0, 0.1) is 0 Å². The van der Waals surface area contributed by atoms with Crippen LogP contribution in [0.5, 0.6) is 0 Å². The number of ether oxygens (including phenoxy) is 1. The van der Waals surface area contributed by atoms with Gasteiger partial charge in [0.05, 0.1) is 12.7 Å². The number of morpholine rings is 1. The summed E-state index contributed by atoms with van der Waals surface area (Å²) in [4.78, 5) is 2.36. The molecule has 1 fully saturated rings. The average molecular weight is 255 g/mol. The van der Waals surface area contributed by atoms with E-state index in [1.807, 2.05) is 25.1 Å². The third-order valence-corrected chi connectivity index (χ3v) is 3.29. The smallest absolute Gasteiger partial charge is 0.0850 e. The van der Waals surface area contributed by atoms with Gasteiger partial charge in [-0.25, -0.2) is 0 Å². The molecule has 0 saturated carbocycles. The summed E-state index contributed by atoms with van der Waals surface area (Å²) in [7, 11) is 0. The minimum atomic E-state index is 0.0807. The molecule has 2 N–H and O–H groups in total. The number of rotatable bonds is 3. The summed E-state index contributed by atoms with van der Waals surface area (Å²) in [5.41, 5.74) is 7.11. The fourth-order valence-corrected chi connectivity index (χ4v) is 2.30. The van der Waals surface area contributed by atoms with Gasteiger partial charge in [0, 0.05) is 30.7 Å². The minimum absolute atomic E-state index is 0.0807. The summed E-state index contributed by atoms with van der Waals surface area (Å²) in [6, 6.07) is 8.08. The molecule has 17 heavy (non-hydrogen) atoms. The highest BCUT2D eigenvalue weighted by atomic mass is 35.5. The summed E-state index contributed by atoms with van der Waals surface area (Å²) in [6.07, 6.45) is 0.142. The van der Waals surface area contributed by atoms with Crippen molar-refractivity contribution < 1.29 is 4.74 Å². The summed E-state index contributed by atoms with van der Waals surface area (Å²) in [6.45, 7) is 5.51. The third kappa shape index (κ3) is 3.68. The number of hydrogen-bond acceptors (Lipinski definition) is 3. The molecule has 0 radical (unpaired) electrons. The molecule has 0 amide bonds. The molecule has 0 aliphatic carbocycles. The van der Waals surface area contributed by atoms with Crippen molar-refractivity contribution in [1.29, 1.82) is 0 Å². The number of hydrogen-bond donors (Lipinski definition) is 1. The molecule has 1 heterocycles. The molecule has 4 heteroatoms. The Morgan fingerprint density at radius 1 is 1.59 bits per heavy atom. The second-order valence-corrected chi connectivity index (χ2v) is 5.07. The number of halogens is 1. The van der Waals surface area contributed by atoms with Crippen LogP contribution in [-0.4, -0.2) is 36.7 Å². The molecule has 1 aliphatic heterocycles. The first-order valence-electron chi connectivity index (χ1n) is 5.99. The zero-order chi connectivity index (χ0) is 12.3. The van der Waals surface area contributed by atoms with E-state index in [1.54, 1.807) is 0 Å². The van der Waals surface area contributed by atoms with Gasteiger partial charge < -0.3 is 10.5 Å². The van der Waals surface area contributed by atoms with Gasteiger partial charge in [-0.1, -0.05) is 23.7 Å². The van der Waals surface area contributed by atoms with E-state index in [9.17, 15) is 0 Å². The second-order valence-electron chi connectivity index (χ2n) is 4.63. The Labute approximate surface area is 107 Å². The van der Waals surface area contributed by atoms with Gasteiger partial charge in [-0.3, -0.25) is 4.90 Å². The van der Waals surface area contributed by atoms with E-state index in [2.05, 4.69) is 11.0 Å². The Balaban J connectivity index is 1.94. The third-order valence-electron chi connectivity index (χ3n) is 3.06. The Morgan fingerprint density at radius 3 is 3.12 bits per heavy atom. The van der Waals surface area contributed by atoms with Crippen molar-refractivity contribution in [3.05, 3.63) is 34.9 Å². The maximum atomic E-state index is 5.98. The molecule has 1 aromatic rings. The molecule has 3 nitrogen and oxygen atoms in total. The average Bonchev–Trinajstić information content (AvgIpc) is 2.29. The normalized spacial score (nSPS) is 23.6. The van der Waals surface area contributed by atoms with E-state index in [4.69, 9.17) is 22.1 Å². The van der Waals surface area contributed by atoms with Crippen LogP contribution < -0.4 is 5.73 Å². The van der Waals surface area contributed by atoms with Gasteiger partial charge in [0.1, 0.15) is 0 Å². The molecular weight excluding hydrogens is 236 g/mol. The monoisotopic (exact) mass is 254 g/mol. The molecule has 2 atom stereocenters. The topological polar surface area (TPSA) is 38.5 Å². The van der Waals surface area contributed by atoms with Crippen molar-refractivity contribution in [2.45, 2.75) is 25.6 Å². The maximum absolute atomic E-state index is 5.98. The van der Waals surface area contributed by atoms with Crippen molar-refractivity contribution in [3.63, 3.8) is 0 Å². The molecular formula is C13H19ClN2O. The number of nitrogens with zero attached hydrogens (tertiary/aromatic N) is 1. The Hall–Kier alpha value is -0.610. The van der Waals surface area contributed by atoms with E-state index >= 15 is 0 Å². The highest BCUT2D eigenvalue weighted by molar-refractivity contribution is 6.30. The first-order chi connectivity index (χ1) is 8.15. The lowest BCUT2D eigenvalue weighted by molar-refractivity contribution is -0.0403. The van der Waals surface area contributed by atoms with Crippen LogP contribution in [0.25, 0.3) is 0 Å². The van der Waals surface area contributed by atoms with Crippen LogP contribution >= 0.6 is 11.6 Å². The fraction of sp³-hybridized carbons (Fsp3) is 0.538. The zero-order valence-corrected chi connectivity index (χ0v) is 10.9.